The molecular weight excluding hydrogens is 216 g/mol. The molecule has 2 heterocycles. The van der Waals surface area contributed by atoms with Gasteiger partial charge in [0, 0.05) is 19.4 Å². The van der Waals surface area contributed by atoms with Crippen LogP contribution in [0.15, 0.2) is 28.9 Å². The molecule has 0 fully saturated rings. The van der Waals surface area contributed by atoms with Crippen LogP contribution in [0.5, 0.6) is 0 Å². The molecule has 0 spiro atoms. The molecule has 5 nitrogen and oxygen atoms in total. The van der Waals surface area contributed by atoms with Gasteiger partial charge in [0.2, 0.25) is 0 Å². The topological polar surface area (TPSA) is 60.2 Å². The van der Waals surface area contributed by atoms with E-state index < -0.39 is 0 Å². The summed E-state index contributed by atoms with van der Waals surface area (Å²) >= 11 is 0. The van der Waals surface area contributed by atoms with Crippen LogP contribution in [0.25, 0.3) is 0 Å². The Hall–Kier alpha value is -1.59. The molecule has 0 radical (unpaired) electrons. The van der Waals surface area contributed by atoms with Gasteiger partial charge < -0.3 is 14.7 Å². The van der Waals surface area contributed by atoms with Gasteiger partial charge in [-0.25, -0.2) is 4.98 Å². The van der Waals surface area contributed by atoms with E-state index in [9.17, 15) is 0 Å². The van der Waals surface area contributed by atoms with E-state index in [1.807, 2.05) is 43.2 Å². The Morgan fingerprint density at radius 1 is 1.35 bits per heavy atom. The summed E-state index contributed by atoms with van der Waals surface area (Å²) in [6.07, 6.45) is 3.76. The first-order valence-corrected chi connectivity index (χ1v) is 5.61. The van der Waals surface area contributed by atoms with E-state index in [4.69, 9.17) is 10.2 Å². The highest BCUT2D eigenvalue weighted by molar-refractivity contribution is 5.06. The third-order valence-corrected chi connectivity index (χ3v) is 2.68. The van der Waals surface area contributed by atoms with Gasteiger partial charge in [0.05, 0.1) is 19.6 Å². The first-order chi connectivity index (χ1) is 8.19. The monoisotopic (exact) mass is 234 g/mol. The molecule has 0 aliphatic heterocycles. The second-order valence-electron chi connectivity index (χ2n) is 4.20. The van der Waals surface area contributed by atoms with Gasteiger partial charge in [-0.3, -0.25) is 4.90 Å². The molecule has 0 saturated heterocycles. The highest BCUT2D eigenvalue weighted by Gasteiger charge is 2.07. The summed E-state index contributed by atoms with van der Waals surface area (Å²) in [5.74, 6) is 2.80. The minimum absolute atomic E-state index is 0.448. The van der Waals surface area contributed by atoms with E-state index in [1.165, 1.54) is 0 Å². The van der Waals surface area contributed by atoms with Crippen LogP contribution >= 0.6 is 0 Å². The number of aryl methyl sites for hydroxylation is 1. The Kier molecular flexibility index (Phi) is 3.61. The van der Waals surface area contributed by atoms with E-state index in [0.29, 0.717) is 6.54 Å². The van der Waals surface area contributed by atoms with E-state index >= 15 is 0 Å². The highest BCUT2D eigenvalue weighted by atomic mass is 16.3. The largest absolute Gasteiger partial charge is 0.463 e. The summed E-state index contributed by atoms with van der Waals surface area (Å²) in [6, 6.07) is 3.89. The van der Waals surface area contributed by atoms with Gasteiger partial charge in [0.25, 0.3) is 0 Å². The maximum atomic E-state index is 5.56. The average molecular weight is 234 g/mol. The van der Waals surface area contributed by atoms with Crippen molar-refractivity contribution < 1.29 is 4.42 Å². The second-order valence-corrected chi connectivity index (χ2v) is 4.20. The number of rotatable bonds is 5. The molecule has 0 saturated carbocycles. The lowest BCUT2D eigenvalue weighted by molar-refractivity contribution is 0.275. The fraction of sp³-hybridized carbons (Fsp3) is 0.417. The molecule has 2 aromatic heterocycles. The van der Waals surface area contributed by atoms with Crippen LogP contribution in [-0.2, 0) is 26.7 Å². The quantitative estimate of drug-likeness (QED) is 0.841. The number of imidazole rings is 1. The van der Waals surface area contributed by atoms with Crippen molar-refractivity contribution in [2.75, 3.05) is 7.05 Å². The highest BCUT2D eigenvalue weighted by Crippen LogP contribution is 2.10. The number of nitrogens with zero attached hydrogens (tertiary/aromatic N) is 3. The van der Waals surface area contributed by atoms with Crippen LogP contribution < -0.4 is 5.73 Å². The molecule has 5 heteroatoms. The summed E-state index contributed by atoms with van der Waals surface area (Å²) in [6.45, 7) is 2.00. The predicted molar refractivity (Wildman–Crippen MR) is 65.0 cm³/mol. The Bertz CT molecular complexity index is 474. The zero-order valence-electron chi connectivity index (χ0n) is 10.3. The van der Waals surface area contributed by atoms with Gasteiger partial charge in [0.1, 0.15) is 17.3 Å². The molecule has 0 aliphatic rings. The van der Waals surface area contributed by atoms with Crippen molar-refractivity contribution in [2.24, 2.45) is 12.8 Å². The lowest BCUT2D eigenvalue weighted by Crippen LogP contribution is -2.19. The molecule has 2 aromatic rings. The maximum absolute atomic E-state index is 5.56. The smallest absolute Gasteiger partial charge is 0.122 e. The summed E-state index contributed by atoms with van der Waals surface area (Å²) in [7, 11) is 4.04. The van der Waals surface area contributed by atoms with Crippen LogP contribution in [0.2, 0.25) is 0 Å². The SMILES string of the molecule is CN(Cc1ccc(CN)o1)Cc1nccn1C. The minimum atomic E-state index is 0.448. The summed E-state index contributed by atoms with van der Waals surface area (Å²) in [5, 5.41) is 0. The summed E-state index contributed by atoms with van der Waals surface area (Å²) in [4.78, 5) is 6.44. The Morgan fingerprint density at radius 3 is 2.71 bits per heavy atom. The van der Waals surface area contributed by atoms with Crippen molar-refractivity contribution in [3.63, 3.8) is 0 Å². The van der Waals surface area contributed by atoms with Gasteiger partial charge in [-0.15, -0.1) is 0 Å². The summed E-state index contributed by atoms with van der Waals surface area (Å²) < 4.78 is 7.58. The zero-order valence-corrected chi connectivity index (χ0v) is 10.3. The third-order valence-electron chi connectivity index (χ3n) is 2.68. The normalized spacial score (nSPS) is 11.3. The lowest BCUT2D eigenvalue weighted by atomic mass is 10.4. The molecule has 0 aromatic carbocycles. The van der Waals surface area contributed by atoms with Crippen molar-refractivity contribution in [2.45, 2.75) is 19.6 Å². The second kappa shape index (κ2) is 5.16. The van der Waals surface area contributed by atoms with E-state index in [0.717, 1.165) is 30.4 Å². The number of furan rings is 1. The van der Waals surface area contributed by atoms with E-state index in [1.54, 1.807) is 0 Å². The van der Waals surface area contributed by atoms with Gasteiger partial charge in [-0.05, 0) is 19.2 Å². The van der Waals surface area contributed by atoms with E-state index in [2.05, 4.69) is 9.88 Å². The zero-order chi connectivity index (χ0) is 12.3. The fourth-order valence-electron chi connectivity index (χ4n) is 1.73. The molecule has 0 bridgehead atoms. The third kappa shape index (κ3) is 2.95. The molecule has 0 unspecified atom stereocenters. The van der Waals surface area contributed by atoms with Crippen molar-refractivity contribution in [3.05, 3.63) is 41.9 Å². The number of aromatic nitrogens is 2. The molecule has 92 valence electrons. The van der Waals surface area contributed by atoms with Crippen molar-refractivity contribution in [3.8, 4) is 0 Å². The molecule has 17 heavy (non-hydrogen) atoms. The molecule has 2 N–H and O–H groups in total. The van der Waals surface area contributed by atoms with Gasteiger partial charge in [-0.1, -0.05) is 0 Å². The Balaban J connectivity index is 1.93. The maximum Gasteiger partial charge on any atom is 0.122 e. The molecule has 0 aliphatic carbocycles. The van der Waals surface area contributed by atoms with Crippen molar-refractivity contribution in [1.29, 1.82) is 0 Å². The number of hydrogen-bond donors (Lipinski definition) is 1. The minimum Gasteiger partial charge on any atom is -0.463 e. The van der Waals surface area contributed by atoms with Crippen molar-refractivity contribution >= 4 is 0 Å². The standard InChI is InChI=1S/C12H18N4O/c1-15(9-12-14-5-6-16(12)2)8-11-4-3-10(7-13)17-11/h3-6H,7-9,13H2,1-2H3. The molecular formula is C12H18N4O. The predicted octanol–water partition coefficient (Wildman–Crippen LogP) is 1.10. The summed E-state index contributed by atoms with van der Waals surface area (Å²) in [5.41, 5.74) is 5.50. The Labute approximate surface area is 101 Å². The van der Waals surface area contributed by atoms with Crippen LogP contribution in [0.4, 0.5) is 0 Å². The van der Waals surface area contributed by atoms with Crippen LogP contribution in [0, 0.1) is 0 Å². The van der Waals surface area contributed by atoms with Gasteiger partial charge in [0.15, 0.2) is 0 Å². The first-order valence-electron chi connectivity index (χ1n) is 5.61. The lowest BCUT2D eigenvalue weighted by Gasteiger charge is -2.14. The van der Waals surface area contributed by atoms with Gasteiger partial charge in [-0.2, -0.15) is 0 Å². The van der Waals surface area contributed by atoms with Crippen LogP contribution in [-0.4, -0.2) is 21.5 Å². The van der Waals surface area contributed by atoms with Crippen molar-refractivity contribution in [1.82, 2.24) is 14.5 Å². The number of nitrogens with two attached hydrogens (primary N) is 1. The van der Waals surface area contributed by atoms with Crippen LogP contribution in [0.3, 0.4) is 0 Å². The first kappa shape index (κ1) is 11.9. The molecule has 2 rings (SSSR count). The Morgan fingerprint density at radius 2 is 2.12 bits per heavy atom. The van der Waals surface area contributed by atoms with E-state index in [-0.39, 0.29) is 0 Å². The molecule has 0 amide bonds. The fourth-order valence-corrected chi connectivity index (χ4v) is 1.73. The van der Waals surface area contributed by atoms with Gasteiger partial charge >= 0.3 is 0 Å². The van der Waals surface area contributed by atoms with Crippen LogP contribution in [0.1, 0.15) is 17.3 Å². The molecule has 0 atom stereocenters. The average Bonchev–Trinajstić information content (AvgIpc) is 2.89. The number of hydrogen-bond acceptors (Lipinski definition) is 4.